The van der Waals surface area contributed by atoms with Gasteiger partial charge in [0, 0.05) is 6.42 Å². The molecular formula is C22H22F3NO4. The molecule has 0 bridgehead atoms. The van der Waals surface area contributed by atoms with Gasteiger partial charge < -0.3 is 9.47 Å². The summed E-state index contributed by atoms with van der Waals surface area (Å²) in [6, 6.07) is 7.74. The second-order valence-electron chi connectivity index (χ2n) is 7.30. The molecule has 2 amide bonds. The number of nitrogens with one attached hydrogen (secondary N) is 1. The van der Waals surface area contributed by atoms with E-state index in [0.29, 0.717) is 23.5 Å². The standard InChI is InChI=1S/C22H22F3NO4/c1-4-5-14-10-16(7-6-15(14)11-19-20(27)26-21(28)30-19)29-18-9-12(2)17(8-13(18)3)22(23,24)25/h6-10,19H,4-5,11H2,1-3H3,(H,26,27,28). The van der Waals surface area contributed by atoms with Gasteiger partial charge in [0.1, 0.15) is 11.5 Å². The van der Waals surface area contributed by atoms with Crippen LogP contribution in [-0.2, 0) is 28.5 Å². The summed E-state index contributed by atoms with van der Waals surface area (Å²) in [5.41, 5.74) is 1.55. The van der Waals surface area contributed by atoms with Gasteiger partial charge in [0.05, 0.1) is 5.56 Å². The van der Waals surface area contributed by atoms with Gasteiger partial charge in [0.2, 0.25) is 0 Å². The number of alkyl carbamates (subject to hydrolysis) is 1. The van der Waals surface area contributed by atoms with Crippen LogP contribution in [0, 0.1) is 13.8 Å². The first kappa shape index (κ1) is 21.7. The van der Waals surface area contributed by atoms with Crippen molar-refractivity contribution in [3.63, 3.8) is 0 Å². The first-order valence-electron chi connectivity index (χ1n) is 9.58. The summed E-state index contributed by atoms with van der Waals surface area (Å²) < 4.78 is 50.1. The number of ether oxygens (including phenoxy) is 2. The number of alkyl halides is 3. The Morgan fingerprint density at radius 2 is 1.80 bits per heavy atom. The Kier molecular flexibility index (Phi) is 6.05. The van der Waals surface area contributed by atoms with Gasteiger partial charge in [-0.25, -0.2) is 4.79 Å². The summed E-state index contributed by atoms with van der Waals surface area (Å²) in [5.74, 6) is 0.357. The molecule has 5 nitrogen and oxygen atoms in total. The molecule has 1 atom stereocenters. The molecule has 160 valence electrons. The van der Waals surface area contributed by atoms with E-state index < -0.39 is 29.8 Å². The number of hydrogen-bond donors (Lipinski definition) is 1. The van der Waals surface area contributed by atoms with Crippen LogP contribution in [0.1, 0.15) is 41.2 Å². The zero-order valence-electron chi connectivity index (χ0n) is 16.9. The van der Waals surface area contributed by atoms with Crippen molar-refractivity contribution in [3.8, 4) is 11.5 Å². The van der Waals surface area contributed by atoms with Crippen molar-refractivity contribution < 1.29 is 32.2 Å². The molecule has 1 saturated heterocycles. The molecule has 0 radical (unpaired) electrons. The minimum absolute atomic E-state index is 0.0857. The highest BCUT2D eigenvalue weighted by atomic mass is 19.4. The van der Waals surface area contributed by atoms with E-state index in [9.17, 15) is 22.8 Å². The lowest BCUT2D eigenvalue weighted by atomic mass is 9.97. The number of cyclic esters (lactones) is 1. The van der Waals surface area contributed by atoms with Gasteiger partial charge in [-0.05, 0) is 66.8 Å². The molecule has 1 aliphatic heterocycles. The summed E-state index contributed by atoms with van der Waals surface area (Å²) in [4.78, 5) is 23.0. The lowest BCUT2D eigenvalue weighted by Crippen LogP contribution is -2.26. The third-order valence-corrected chi connectivity index (χ3v) is 4.92. The molecule has 3 rings (SSSR count). The smallest absolute Gasteiger partial charge is 0.416 e. The second kappa shape index (κ2) is 8.38. The fourth-order valence-electron chi connectivity index (χ4n) is 3.43. The lowest BCUT2D eigenvalue weighted by Gasteiger charge is -2.17. The number of carbonyl (C=O) groups is 2. The van der Waals surface area contributed by atoms with Crippen molar-refractivity contribution >= 4 is 12.0 Å². The predicted molar refractivity (Wildman–Crippen MR) is 104 cm³/mol. The highest BCUT2D eigenvalue weighted by molar-refractivity contribution is 6.00. The highest BCUT2D eigenvalue weighted by Crippen LogP contribution is 2.37. The van der Waals surface area contributed by atoms with E-state index in [-0.39, 0.29) is 12.0 Å². The van der Waals surface area contributed by atoms with Crippen molar-refractivity contribution in [2.24, 2.45) is 0 Å². The van der Waals surface area contributed by atoms with Gasteiger partial charge in [-0.3, -0.25) is 10.1 Å². The minimum atomic E-state index is -4.42. The van der Waals surface area contributed by atoms with Gasteiger partial charge in [-0.1, -0.05) is 19.4 Å². The van der Waals surface area contributed by atoms with E-state index in [1.165, 1.54) is 13.0 Å². The molecule has 0 saturated carbocycles. The van der Waals surface area contributed by atoms with Crippen molar-refractivity contribution in [1.29, 1.82) is 0 Å². The van der Waals surface area contributed by atoms with Gasteiger partial charge in [-0.2, -0.15) is 13.2 Å². The van der Waals surface area contributed by atoms with Crippen LogP contribution in [-0.4, -0.2) is 18.1 Å². The second-order valence-corrected chi connectivity index (χ2v) is 7.30. The largest absolute Gasteiger partial charge is 0.457 e. The summed E-state index contributed by atoms with van der Waals surface area (Å²) >= 11 is 0. The quantitative estimate of drug-likeness (QED) is 0.692. The Morgan fingerprint density at radius 3 is 2.40 bits per heavy atom. The number of carbonyl (C=O) groups excluding carboxylic acids is 2. The van der Waals surface area contributed by atoms with Gasteiger partial charge in [0.15, 0.2) is 6.10 Å². The molecule has 1 N–H and O–H groups in total. The molecule has 0 spiro atoms. The fraction of sp³-hybridized carbons (Fsp3) is 0.364. The first-order valence-corrected chi connectivity index (χ1v) is 9.58. The molecule has 2 aromatic rings. The molecule has 1 fully saturated rings. The van der Waals surface area contributed by atoms with Crippen molar-refractivity contribution in [2.75, 3.05) is 0 Å². The van der Waals surface area contributed by atoms with Crippen LogP contribution in [0.25, 0.3) is 0 Å². The normalized spacial score (nSPS) is 16.4. The van der Waals surface area contributed by atoms with Crippen LogP contribution in [0.4, 0.5) is 18.0 Å². The average Bonchev–Trinajstić information content (AvgIpc) is 2.96. The van der Waals surface area contributed by atoms with Crippen LogP contribution in [0.2, 0.25) is 0 Å². The number of hydrogen-bond acceptors (Lipinski definition) is 4. The molecule has 1 unspecified atom stereocenters. The average molecular weight is 421 g/mol. The van der Waals surface area contributed by atoms with Crippen molar-refractivity contribution in [3.05, 3.63) is 58.1 Å². The zero-order chi connectivity index (χ0) is 22.1. The lowest BCUT2D eigenvalue weighted by molar-refractivity contribution is -0.138. The zero-order valence-corrected chi connectivity index (χ0v) is 16.9. The van der Waals surface area contributed by atoms with Gasteiger partial charge >= 0.3 is 12.3 Å². The molecule has 1 aliphatic rings. The number of aryl methyl sites for hydroxylation is 3. The molecule has 8 heteroatoms. The molecule has 0 aliphatic carbocycles. The maximum atomic E-state index is 13.1. The fourth-order valence-corrected chi connectivity index (χ4v) is 3.43. The summed E-state index contributed by atoms with van der Waals surface area (Å²) in [5, 5.41) is 2.10. The predicted octanol–water partition coefficient (Wildman–Crippen LogP) is 5.24. The van der Waals surface area contributed by atoms with E-state index >= 15 is 0 Å². The Morgan fingerprint density at radius 1 is 1.07 bits per heavy atom. The van der Waals surface area contributed by atoms with Crippen LogP contribution >= 0.6 is 0 Å². The van der Waals surface area contributed by atoms with Gasteiger partial charge in [-0.15, -0.1) is 0 Å². The van der Waals surface area contributed by atoms with Gasteiger partial charge in [0.25, 0.3) is 5.91 Å². The number of halogens is 3. The monoisotopic (exact) mass is 421 g/mol. The SMILES string of the molecule is CCCc1cc(Oc2cc(C)c(C(F)(F)F)cc2C)ccc1CC1OC(=O)NC1=O. The van der Waals surface area contributed by atoms with Crippen molar-refractivity contribution in [2.45, 2.75) is 52.3 Å². The van der Waals surface area contributed by atoms with E-state index in [2.05, 4.69) is 5.32 Å². The van der Waals surface area contributed by atoms with Crippen LogP contribution in [0.3, 0.4) is 0 Å². The summed E-state index contributed by atoms with van der Waals surface area (Å²) in [6.07, 6.45) is -4.26. The summed E-state index contributed by atoms with van der Waals surface area (Å²) in [7, 11) is 0. The first-order chi connectivity index (χ1) is 14.1. The molecular weight excluding hydrogens is 399 g/mol. The third kappa shape index (κ3) is 4.75. The van der Waals surface area contributed by atoms with Crippen molar-refractivity contribution in [1.82, 2.24) is 5.32 Å². The highest BCUT2D eigenvalue weighted by Gasteiger charge is 2.34. The Bertz CT molecular complexity index is 985. The Labute approximate surface area is 172 Å². The molecule has 30 heavy (non-hydrogen) atoms. The third-order valence-electron chi connectivity index (χ3n) is 4.92. The number of imide groups is 1. The van der Waals surface area contributed by atoms with E-state index in [0.717, 1.165) is 23.6 Å². The van der Waals surface area contributed by atoms with Crippen LogP contribution < -0.4 is 10.1 Å². The molecule has 2 aromatic carbocycles. The van der Waals surface area contributed by atoms with Crippen LogP contribution in [0.15, 0.2) is 30.3 Å². The Balaban J connectivity index is 1.85. The maximum Gasteiger partial charge on any atom is 0.416 e. The minimum Gasteiger partial charge on any atom is -0.457 e. The van der Waals surface area contributed by atoms with E-state index in [1.807, 2.05) is 6.92 Å². The molecule has 0 aromatic heterocycles. The number of benzene rings is 2. The number of amides is 2. The van der Waals surface area contributed by atoms with E-state index in [4.69, 9.17) is 9.47 Å². The summed E-state index contributed by atoms with van der Waals surface area (Å²) in [6.45, 7) is 4.97. The van der Waals surface area contributed by atoms with Crippen LogP contribution in [0.5, 0.6) is 11.5 Å². The van der Waals surface area contributed by atoms with E-state index in [1.54, 1.807) is 25.1 Å². The number of rotatable bonds is 6. The Hall–Kier alpha value is -3.03. The molecule has 1 heterocycles. The maximum absolute atomic E-state index is 13.1. The topological polar surface area (TPSA) is 64.6 Å².